The first kappa shape index (κ1) is 17.7. The third-order valence-corrected chi connectivity index (χ3v) is 5.73. The van der Waals surface area contributed by atoms with Crippen LogP contribution in [0.25, 0.3) is 17.1 Å². The SMILES string of the molecule is O=C(c1cn(-c2ccccc2)c(-c2ccccc2)n1)N1CC(=O)N2CCC[C@H]2C1. The number of para-hydroxylation sites is 1. The summed E-state index contributed by atoms with van der Waals surface area (Å²) < 4.78 is 1.94. The monoisotopic (exact) mass is 386 g/mol. The number of aromatic nitrogens is 2. The minimum Gasteiger partial charge on any atom is -0.336 e. The van der Waals surface area contributed by atoms with Gasteiger partial charge in [-0.2, -0.15) is 0 Å². The van der Waals surface area contributed by atoms with E-state index in [-0.39, 0.29) is 24.4 Å². The third kappa shape index (κ3) is 3.20. The van der Waals surface area contributed by atoms with E-state index >= 15 is 0 Å². The second-order valence-corrected chi connectivity index (χ2v) is 7.59. The van der Waals surface area contributed by atoms with Gasteiger partial charge in [-0.3, -0.25) is 14.2 Å². The van der Waals surface area contributed by atoms with Crippen LogP contribution >= 0.6 is 0 Å². The number of imidazole rings is 1. The highest BCUT2D eigenvalue weighted by atomic mass is 16.2. The van der Waals surface area contributed by atoms with E-state index in [4.69, 9.17) is 0 Å². The lowest BCUT2D eigenvalue weighted by molar-refractivity contribution is -0.136. The molecule has 1 atom stereocenters. The standard InChI is InChI=1S/C23H22N4O2/c28-21-16-25(14-19-12-7-13-26(19)21)23(29)20-15-27(18-10-5-2-6-11-18)22(24-20)17-8-3-1-4-9-17/h1-6,8-11,15,19H,7,12-14,16H2/t19-/m0/s1. The van der Waals surface area contributed by atoms with Gasteiger partial charge in [0.25, 0.3) is 5.91 Å². The Morgan fingerprint density at radius 1 is 1.00 bits per heavy atom. The number of benzene rings is 2. The van der Waals surface area contributed by atoms with Crippen molar-refractivity contribution in [3.05, 3.63) is 72.6 Å². The summed E-state index contributed by atoms with van der Waals surface area (Å²) >= 11 is 0. The van der Waals surface area contributed by atoms with Gasteiger partial charge in [-0.15, -0.1) is 0 Å². The zero-order chi connectivity index (χ0) is 19.8. The molecular weight excluding hydrogens is 364 g/mol. The summed E-state index contributed by atoms with van der Waals surface area (Å²) in [5.41, 5.74) is 2.24. The molecule has 0 unspecified atom stereocenters. The largest absolute Gasteiger partial charge is 0.336 e. The van der Waals surface area contributed by atoms with E-state index in [2.05, 4.69) is 4.98 Å². The van der Waals surface area contributed by atoms with E-state index in [1.165, 1.54) is 0 Å². The summed E-state index contributed by atoms with van der Waals surface area (Å²) in [5.74, 6) is 0.570. The first-order chi connectivity index (χ1) is 14.2. The van der Waals surface area contributed by atoms with Gasteiger partial charge >= 0.3 is 0 Å². The minimum atomic E-state index is -0.184. The molecule has 0 saturated carbocycles. The van der Waals surface area contributed by atoms with E-state index in [1.54, 1.807) is 11.1 Å². The van der Waals surface area contributed by atoms with Crippen molar-refractivity contribution >= 4 is 11.8 Å². The molecule has 2 saturated heterocycles. The summed E-state index contributed by atoms with van der Waals surface area (Å²) in [4.78, 5) is 33.9. The van der Waals surface area contributed by atoms with Gasteiger partial charge in [0, 0.05) is 36.6 Å². The maximum atomic E-state index is 13.2. The summed E-state index contributed by atoms with van der Waals surface area (Å²) in [6.45, 7) is 1.53. The van der Waals surface area contributed by atoms with Crippen molar-refractivity contribution in [2.45, 2.75) is 18.9 Å². The Balaban J connectivity index is 1.51. The van der Waals surface area contributed by atoms with Gasteiger partial charge in [-0.1, -0.05) is 48.5 Å². The molecule has 2 aromatic carbocycles. The van der Waals surface area contributed by atoms with Crippen molar-refractivity contribution in [2.24, 2.45) is 0 Å². The fourth-order valence-corrected chi connectivity index (χ4v) is 4.30. The van der Waals surface area contributed by atoms with Gasteiger partial charge in [0.05, 0.1) is 0 Å². The average molecular weight is 386 g/mol. The van der Waals surface area contributed by atoms with Crippen molar-refractivity contribution in [3.8, 4) is 17.1 Å². The van der Waals surface area contributed by atoms with E-state index in [1.807, 2.05) is 70.1 Å². The minimum absolute atomic E-state index is 0.0397. The Morgan fingerprint density at radius 3 is 2.48 bits per heavy atom. The predicted octanol–water partition coefficient (Wildman–Crippen LogP) is 2.99. The number of hydrogen-bond acceptors (Lipinski definition) is 3. The Morgan fingerprint density at radius 2 is 1.72 bits per heavy atom. The Bertz CT molecular complexity index is 988. The number of fused-ring (bicyclic) bond motifs is 1. The van der Waals surface area contributed by atoms with Crippen LogP contribution in [0, 0.1) is 0 Å². The molecule has 1 aromatic heterocycles. The van der Waals surface area contributed by atoms with Gasteiger partial charge in [0.1, 0.15) is 18.1 Å². The molecule has 2 aliphatic rings. The first-order valence-electron chi connectivity index (χ1n) is 10.00. The van der Waals surface area contributed by atoms with Crippen molar-refractivity contribution in [1.82, 2.24) is 19.4 Å². The summed E-state index contributed by atoms with van der Waals surface area (Å²) in [5, 5.41) is 0. The molecule has 0 bridgehead atoms. The molecule has 5 rings (SSSR count). The average Bonchev–Trinajstić information content (AvgIpc) is 3.42. The molecule has 29 heavy (non-hydrogen) atoms. The lowest BCUT2D eigenvalue weighted by Crippen LogP contribution is -2.55. The first-order valence-corrected chi connectivity index (χ1v) is 10.00. The maximum absolute atomic E-state index is 13.2. The number of amides is 2. The van der Waals surface area contributed by atoms with Gasteiger partial charge in [0.2, 0.25) is 5.91 Å². The van der Waals surface area contributed by atoms with Crippen LogP contribution in [-0.4, -0.2) is 56.8 Å². The predicted molar refractivity (Wildman–Crippen MR) is 110 cm³/mol. The summed E-state index contributed by atoms with van der Waals surface area (Å²) in [6.07, 6.45) is 3.76. The second kappa shape index (κ2) is 7.20. The summed E-state index contributed by atoms with van der Waals surface area (Å²) in [6, 6.07) is 19.8. The number of hydrogen-bond donors (Lipinski definition) is 0. The number of piperazine rings is 1. The molecule has 0 radical (unpaired) electrons. The number of nitrogens with zero attached hydrogens (tertiary/aromatic N) is 4. The molecule has 3 heterocycles. The van der Waals surface area contributed by atoms with Gasteiger partial charge in [-0.25, -0.2) is 4.98 Å². The Labute approximate surface area is 169 Å². The highest BCUT2D eigenvalue weighted by Crippen LogP contribution is 2.26. The lowest BCUT2D eigenvalue weighted by Gasteiger charge is -2.36. The van der Waals surface area contributed by atoms with E-state index in [9.17, 15) is 9.59 Å². The molecule has 0 aliphatic carbocycles. The van der Waals surface area contributed by atoms with Crippen molar-refractivity contribution in [3.63, 3.8) is 0 Å². The van der Waals surface area contributed by atoms with Gasteiger partial charge < -0.3 is 9.80 Å². The molecule has 6 nitrogen and oxygen atoms in total. The van der Waals surface area contributed by atoms with Crippen molar-refractivity contribution in [1.29, 1.82) is 0 Å². The van der Waals surface area contributed by atoms with E-state index in [0.717, 1.165) is 30.6 Å². The molecule has 2 fully saturated rings. The Hall–Kier alpha value is -3.41. The van der Waals surface area contributed by atoms with Crippen LogP contribution in [0.15, 0.2) is 66.9 Å². The third-order valence-electron chi connectivity index (χ3n) is 5.73. The van der Waals surface area contributed by atoms with Crippen molar-refractivity contribution in [2.75, 3.05) is 19.6 Å². The van der Waals surface area contributed by atoms with Gasteiger partial charge in [-0.05, 0) is 25.0 Å². The van der Waals surface area contributed by atoms with Crippen LogP contribution in [0.2, 0.25) is 0 Å². The van der Waals surface area contributed by atoms with Gasteiger partial charge in [0.15, 0.2) is 0 Å². The van der Waals surface area contributed by atoms with Crippen LogP contribution in [-0.2, 0) is 4.79 Å². The smallest absolute Gasteiger partial charge is 0.274 e. The highest BCUT2D eigenvalue weighted by molar-refractivity contribution is 5.96. The normalized spacial score (nSPS) is 18.8. The van der Waals surface area contributed by atoms with Crippen molar-refractivity contribution < 1.29 is 9.59 Å². The van der Waals surface area contributed by atoms with E-state index in [0.29, 0.717) is 18.1 Å². The molecule has 6 heteroatoms. The Kier molecular flexibility index (Phi) is 4.39. The fraction of sp³-hybridized carbons (Fsp3) is 0.261. The number of carbonyl (C=O) groups is 2. The van der Waals surface area contributed by atoms with Crippen LogP contribution in [0.4, 0.5) is 0 Å². The zero-order valence-electron chi connectivity index (χ0n) is 16.1. The van der Waals surface area contributed by atoms with Crippen LogP contribution in [0.1, 0.15) is 23.3 Å². The zero-order valence-corrected chi connectivity index (χ0v) is 16.1. The number of carbonyl (C=O) groups excluding carboxylic acids is 2. The lowest BCUT2D eigenvalue weighted by atomic mass is 10.1. The van der Waals surface area contributed by atoms with Crippen LogP contribution in [0.5, 0.6) is 0 Å². The molecule has 2 aliphatic heterocycles. The van der Waals surface area contributed by atoms with E-state index < -0.39 is 0 Å². The van der Waals surface area contributed by atoms with Crippen LogP contribution in [0.3, 0.4) is 0 Å². The topological polar surface area (TPSA) is 58.4 Å². The fourth-order valence-electron chi connectivity index (χ4n) is 4.30. The molecule has 0 spiro atoms. The maximum Gasteiger partial charge on any atom is 0.274 e. The number of rotatable bonds is 3. The molecule has 0 N–H and O–H groups in total. The quantitative estimate of drug-likeness (QED) is 0.695. The summed E-state index contributed by atoms with van der Waals surface area (Å²) in [7, 11) is 0. The molecule has 3 aromatic rings. The van der Waals surface area contributed by atoms with Crippen LogP contribution < -0.4 is 0 Å². The molecular formula is C23H22N4O2. The highest BCUT2D eigenvalue weighted by Gasteiger charge is 2.38. The molecule has 2 amide bonds. The molecule has 146 valence electrons. The second-order valence-electron chi connectivity index (χ2n) is 7.59.